The second kappa shape index (κ2) is 12.3. The van der Waals surface area contributed by atoms with Crippen LogP contribution in [0.4, 0.5) is 0 Å². The van der Waals surface area contributed by atoms with Gasteiger partial charge >= 0.3 is 0 Å². The van der Waals surface area contributed by atoms with Crippen LogP contribution in [0.1, 0.15) is 86.6 Å². The van der Waals surface area contributed by atoms with E-state index in [0.717, 1.165) is 18.9 Å². The molecule has 3 nitrogen and oxygen atoms in total. The summed E-state index contributed by atoms with van der Waals surface area (Å²) in [6, 6.07) is 12.1. The van der Waals surface area contributed by atoms with Crippen molar-refractivity contribution >= 4 is 33.0 Å². The first kappa shape index (κ1) is 37.0. The van der Waals surface area contributed by atoms with Gasteiger partial charge in [0.2, 0.25) is 8.32 Å². The summed E-state index contributed by atoms with van der Waals surface area (Å²) in [7, 11) is -8.14. The Kier molecular flexibility index (Phi) is 11.7. The fourth-order valence-electron chi connectivity index (χ4n) is 6.31. The summed E-state index contributed by atoms with van der Waals surface area (Å²) >= 11 is 0. The van der Waals surface area contributed by atoms with Gasteiger partial charge in [-0.2, -0.15) is 0 Å². The van der Waals surface area contributed by atoms with Crippen LogP contribution in [-0.2, 0) is 13.3 Å². The molecule has 39 heavy (non-hydrogen) atoms. The molecule has 0 aliphatic rings. The number of benzene rings is 1. The van der Waals surface area contributed by atoms with E-state index in [4.69, 9.17) is 13.3 Å². The van der Waals surface area contributed by atoms with E-state index in [0.29, 0.717) is 5.92 Å². The Hall–Kier alpha value is -0.0325. The molecule has 0 aliphatic carbocycles. The van der Waals surface area contributed by atoms with Gasteiger partial charge in [0.05, 0.1) is 18.9 Å². The highest BCUT2D eigenvalue weighted by atomic mass is 28.4. The lowest BCUT2D eigenvalue weighted by molar-refractivity contribution is 0.00661. The van der Waals surface area contributed by atoms with Crippen molar-refractivity contribution < 1.29 is 13.3 Å². The minimum atomic E-state index is -2.46. The van der Waals surface area contributed by atoms with Crippen molar-refractivity contribution in [3.05, 3.63) is 35.9 Å². The fourth-order valence-corrected chi connectivity index (χ4v) is 19.9. The van der Waals surface area contributed by atoms with E-state index < -0.39 is 33.0 Å². The summed E-state index contributed by atoms with van der Waals surface area (Å²) in [5.74, 6) is 0.421. The predicted octanol–water partition coefficient (Wildman–Crippen LogP) is 10.8. The largest absolute Gasteiger partial charge is 0.414 e. The topological polar surface area (TPSA) is 27.7 Å². The number of hydrogen-bond acceptors (Lipinski definition) is 3. The Labute approximate surface area is 248 Å². The summed E-state index contributed by atoms with van der Waals surface area (Å²) < 4.78 is 22.0. The van der Waals surface area contributed by atoms with Gasteiger partial charge in [0, 0.05) is 10.3 Å². The van der Waals surface area contributed by atoms with Crippen LogP contribution in [0.25, 0.3) is 0 Å². The fraction of sp³-hybridized carbons (Fsp3) is 0.812. The van der Waals surface area contributed by atoms with Crippen LogP contribution >= 0.6 is 0 Å². The molecule has 0 spiro atoms. The molecule has 0 amide bonds. The zero-order valence-corrected chi connectivity index (χ0v) is 33.3. The Balaban J connectivity index is 3.73. The van der Waals surface area contributed by atoms with Crippen LogP contribution < -0.4 is 0 Å². The van der Waals surface area contributed by atoms with Crippen molar-refractivity contribution in [3.63, 3.8) is 0 Å². The molecule has 0 aromatic heterocycles. The molecule has 4 unspecified atom stereocenters. The molecule has 1 aromatic rings. The van der Waals surface area contributed by atoms with Gasteiger partial charge in [-0.3, -0.25) is 0 Å². The zero-order chi connectivity index (χ0) is 30.9. The van der Waals surface area contributed by atoms with Gasteiger partial charge in [-0.15, -0.1) is 0 Å². The average molecular weight is 611 g/mol. The molecule has 0 aliphatic heterocycles. The summed E-state index contributed by atoms with van der Waals surface area (Å²) in [6.07, 6.45) is 2.07. The lowest BCUT2D eigenvalue weighted by Crippen LogP contribution is -2.68. The molecule has 0 heterocycles. The van der Waals surface area contributed by atoms with Crippen molar-refractivity contribution in [2.75, 3.05) is 0 Å². The van der Waals surface area contributed by atoms with E-state index in [1.54, 1.807) is 0 Å². The van der Waals surface area contributed by atoms with E-state index in [-0.39, 0.29) is 21.1 Å². The zero-order valence-electron chi connectivity index (χ0n) is 29.3. The van der Waals surface area contributed by atoms with Gasteiger partial charge in [-0.25, -0.2) is 0 Å². The van der Waals surface area contributed by atoms with E-state index in [2.05, 4.69) is 152 Å². The molecular formula is C32H66O3Si4. The third-order valence-electron chi connectivity index (χ3n) is 10.5. The van der Waals surface area contributed by atoms with Crippen molar-refractivity contribution in [3.8, 4) is 0 Å². The highest BCUT2D eigenvalue weighted by Gasteiger charge is 2.62. The van der Waals surface area contributed by atoms with Gasteiger partial charge in [0.25, 0.3) is 0 Å². The van der Waals surface area contributed by atoms with Crippen LogP contribution in [0, 0.1) is 0 Å². The molecule has 4 atom stereocenters. The van der Waals surface area contributed by atoms with Crippen molar-refractivity contribution in [1.82, 2.24) is 0 Å². The lowest BCUT2D eigenvalue weighted by Gasteiger charge is -2.60. The molecule has 0 saturated heterocycles. The standard InChI is InChI=1S/C32H66O3Si4/c1-19-31(8,29(4,5)33-38(16,17)30(6,7)34-37(13,14)15)39(18,35-32(9,20-2)36(10,11)12)26-27(3)28-24-22-21-23-25-28/h21-25,27H,19-20,26H2,1-18H3. The van der Waals surface area contributed by atoms with Crippen molar-refractivity contribution in [2.45, 2.75) is 167 Å². The van der Waals surface area contributed by atoms with E-state index >= 15 is 0 Å². The second-order valence-electron chi connectivity index (χ2n) is 16.2. The van der Waals surface area contributed by atoms with Crippen molar-refractivity contribution in [2.24, 2.45) is 0 Å². The van der Waals surface area contributed by atoms with Crippen LogP contribution in [0.3, 0.4) is 0 Å². The molecule has 0 N–H and O–H groups in total. The molecule has 1 rings (SSSR count). The second-order valence-corrected chi connectivity index (χ2v) is 34.8. The van der Waals surface area contributed by atoms with E-state index in [9.17, 15) is 0 Å². The van der Waals surface area contributed by atoms with Gasteiger partial charge < -0.3 is 13.3 Å². The quantitative estimate of drug-likeness (QED) is 0.185. The maximum absolute atomic E-state index is 7.77. The smallest absolute Gasteiger partial charge is 0.216 e. The molecule has 0 fully saturated rings. The minimum absolute atomic E-state index is 0.0932. The van der Waals surface area contributed by atoms with Crippen LogP contribution in [0.15, 0.2) is 30.3 Å². The Morgan fingerprint density at radius 1 is 0.692 bits per heavy atom. The number of rotatable bonds is 15. The molecule has 0 bridgehead atoms. The Morgan fingerprint density at radius 2 is 1.18 bits per heavy atom. The van der Waals surface area contributed by atoms with Crippen LogP contribution in [0.5, 0.6) is 0 Å². The van der Waals surface area contributed by atoms with E-state index in [1.165, 1.54) is 5.56 Å². The predicted molar refractivity (Wildman–Crippen MR) is 184 cm³/mol. The van der Waals surface area contributed by atoms with Crippen molar-refractivity contribution in [1.29, 1.82) is 0 Å². The van der Waals surface area contributed by atoms with Crippen LogP contribution in [0.2, 0.25) is 70.0 Å². The molecule has 0 saturated carbocycles. The summed E-state index contributed by atoms with van der Waals surface area (Å²) in [5, 5.41) is -0.488. The van der Waals surface area contributed by atoms with E-state index in [1.807, 2.05) is 0 Å². The maximum Gasteiger partial charge on any atom is 0.216 e. The third kappa shape index (κ3) is 8.29. The normalized spacial score (nSPS) is 19.6. The van der Waals surface area contributed by atoms with Gasteiger partial charge in [0.1, 0.15) is 0 Å². The maximum atomic E-state index is 7.77. The molecule has 1 aromatic carbocycles. The van der Waals surface area contributed by atoms with Gasteiger partial charge in [-0.1, -0.05) is 77.7 Å². The monoisotopic (exact) mass is 610 g/mol. The minimum Gasteiger partial charge on any atom is -0.414 e. The summed E-state index contributed by atoms with van der Waals surface area (Å²) in [5.41, 5.74) is 1.03. The van der Waals surface area contributed by atoms with Crippen LogP contribution in [-0.4, -0.2) is 49.1 Å². The van der Waals surface area contributed by atoms with Gasteiger partial charge in [0.15, 0.2) is 16.6 Å². The van der Waals surface area contributed by atoms with Gasteiger partial charge in [-0.05, 0) is 104 Å². The Morgan fingerprint density at radius 3 is 1.56 bits per heavy atom. The lowest BCUT2D eigenvalue weighted by atomic mass is 9.89. The third-order valence-corrected chi connectivity index (χ3v) is 25.3. The highest BCUT2D eigenvalue weighted by molar-refractivity contribution is 6.82. The number of hydrogen-bond donors (Lipinski definition) is 0. The summed E-state index contributed by atoms with van der Waals surface area (Å²) in [4.78, 5) is 0. The first-order valence-electron chi connectivity index (χ1n) is 15.4. The first-order valence-corrected chi connectivity index (χ1v) is 27.8. The average Bonchev–Trinajstić information content (AvgIpc) is 2.75. The summed E-state index contributed by atoms with van der Waals surface area (Å²) in [6.45, 7) is 42.8. The highest BCUT2D eigenvalue weighted by Crippen LogP contribution is 2.58. The molecule has 228 valence electrons. The Bertz CT molecular complexity index is 920. The molecule has 7 heteroatoms. The SMILES string of the molecule is CCC(C)(O[Si](C)(CC(C)c1ccccc1)C(C)(CC)C(C)(C)O[Si](C)(C)C(C)(C)O[Si](C)(C)C)[Si](C)(C)C. The molecule has 0 radical (unpaired) electrons. The molecular weight excluding hydrogens is 545 g/mol. The first-order chi connectivity index (χ1) is 17.2.